The zero-order chi connectivity index (χ0) is 15.0. The second-order valence-electron chi connectivity index (χ2n) is 6.41. The molecule has 1 aliphatic carbocycles. The van der Waals surface area contributed by atoms with Gasteiger partial charge in [-0.3, -0.25) is 4.79 Å². The smallest absolute Gasteiger partial charge is 0.254 e. The molecule has 1 aromatic rings. The highest BCUT2D eigenvalue weighted by Gasteiger charge is 2.39. The number of hydrogen-bond acceptors (Lipinski definition) is 1. The van der Waals surface area contributed by atoms with E-state index >= 15 is 0 Å². The van der Waals surface area contributed by atoms with Gasteiger partial charge >= 0.3 is 0 Å². The number of rotatable bonds is 1. The SMILES string of the molecule is CC1CCN(C(=O)c2ccc(F)c(Br)c2)C2CCCCC12. The number of carbonyl (C=O) groups excluding carboxylic acids is 1. The molecule has 0 bridgehead atoms. The van der Waals surface area contributed by atoms with Crippen LogP contribution in [-0.2, 0) is 0 Å². The summed E-state index contributed by atoms with van der Waals surface area (Å²) in [5, 5.41) is 0. The lowest BCUT2D eigenvalue weighted by molar-refractivity contribution is 0.0217. The summed E-state index contributed by atoms with van der Waals surface area (Å²) in [6.07, 6.45) is 5.93. The lowest BCUT2D eigenvalue weighted by Crippen LogP contribution is -2.52. The van der Waals surface area contributed by atoms with Crippen molar-refractivity contribution in [1.82, 2.24) is 4.90 Å². The molecule has 21 heavy (non-hydrogen) atoms. The molecular formula is C17H21BrFNO. The normalized spacial score (nSPS) is 29.1. The molecule has 0 radical (unpaired) electrons. The van der Waals surface area contributed by atoms with Crippen molar-refractivity contribution in [3.8, 4) is 0 Å². The van der Waals surface area contributed by atoms with Gasteiger partial charge in [-0.15, -0.1) is 0 Å². The van der Waals surface area contributed by atoms with Crippen LogP contribution in [0.25, 0.3) is 0 Å². The van der Waals surface area contributed by atoms with Crippen molar-refractivity contribution in [1.29, 1.82) is 0 Å². The van der Waals surface area contributed by atoms with Crippen molar-refractivity contribution < 1.29 is 9.18 Å². The van der Waals surface area contributed by atoms with Gasteiger partial charge in [0, 0.05) is 18.2 Å². The number of halogens is 2. The van der Waals surface area contributed by atoms with Gasteiger partial charge in [0.1, 0.15) is 5.82 Å². The molecule has 0 N–H and O–H groups in total. The van der Waals surface area contributed by atoms with Crippen LogP contribution in [0, 0.1) is 17.7 Å². The molecule has 1 aliphatic heterocycles. The fourth-order valence-corrected chi connectivity index (χ4v) is 4.34. The Hall–Kier alpha value is -0.900. The van der Waals surface area contributed by atoms with E-state index in [1.807, 2.05) is 4.90 Å². The molecule has 0 aromatic heterocycles. The molecule has 1 saturated carbocycles. The maximum absolute atomic E-state index is 13.4. The van der Waals surface area contributed by atoms with Crippen LogP contribution >= 0.6 is 15.9 Å². The summed E-state index contributed by atoms with van der Waals surface area (Å²) in [7, 11) is 0. The molecule has 0 spiro atoms. The average Bonchev–Trinajstić information content (AvgIpc) is 2.50. The maximum Gasteiger partial charge on any atom is 0.254 e. The Labute approximate surface area is 133 Å². The minimum atomic E-state index is -0.325. The van der Waals surface area contributed by atoms with E-state index in [0.29, 0.717) is 27.9 Å². The molecule has 3 atom stereocenters. The number of carbonyl (C=O) groups is 1. The fourth-order valence-electron chi connectivity index (χ4n) is 3.96. The summed E-state index contributed by atoms with van der Waals surface area (Å²) in [6, 6.07) is 4.94. The zero-order valence-electron chi connectivity index (χ0n) is 12.3. The lowest BCUT2D eigenvalue weighted by atomic mass is 9.72. The van der Waals surface area contributed by atoms with Gasteiger partial charge < -0.3 is 4.90 Å². The number of piperidine rings is 1. The summed E-state index contributed by atoms with van der Waals surface area (Å²) >= 11 is 3.17. The molecule has 2 fully saturated rings. The third-order valence-corrected chi connectivity index (χ3v) is 5.77. The van der Waals surface area contributed by atoms with Crippen LogP contribution < -0.4 is 0 Å². The topological polar surface area (TPSA) is 20.3 Å². The van der Waals surface area contributed by atoms with E-state index in [4.69, 9.17) is 0 Å². The molecular weight excluding hydrogens is 333 g/mol. The standard InChI is InChI=1S/C17H21BrFNO/c1-11-8-9-20(16-5-3-2-4-13(11)16)17(21)12-6-7-15(19)14(18)10-12/h6-7,10-11,13,16H,2-5,8-9H2,1H3. The van der Waals surface area contributed by atoms with E-state index in [9.17, 15) is 9.18 Å². The number of nitrogens with zero attached hydrogens (tertiary/aromatic N) is 1. The van der Waals surface area contributed by atoms with E-state index in [1.54, 1.807) is 12.1 Å². The Morgan fingerprint density at radius 2 is 2.05 bits per heavy atom. The molecule has 1 heterocycles. The van der Waals surface area contributed by atoms with Crippen molar-refractivity contribution in [3.63, 3.8) is 0 Å². The van der Waals surface area contributed by atoms with Crippen LogP contribution in [-0.4, -0.2) is 23.4 Å². The van der Waals surface area contributed by atoms with Crippen molar-refractivity contribution in [2.75, 3.05) is 6.54 Å². The van der Waals surface area contributed by atoms with Crippen LogP contribution in [0.4, 0.5) is 4.39 Å². The Morgan fingerprint density at radius 3 is 2.81 bits per heavy atom. The number of fused-ring (bicyclic) bond motifs is 1. The zero-order valence-corrected chi connectivity index (χ0v) is 13.9. The summed E-state index contributed by atoms with van der Waals surface area (Å²) in [4.78, 5) is 14.9. The quantitative estimate of drug-likeness (QED) is 0.720. The predicted octanol–water partition coefficient (Wildman–Crippen LogP) is 4.63. The largest absolute Gasteiger partial charge is 0.335 e. The molecule has 3 rings (SSSR count). The van der Waals surface area contributed by atoms with E-state index in [-0.39, 0.29) is 11.7 Å². The Kier molecular flexibility index (Phi) is 4.34. The maximum atomic E-state index is 13.4. The number of likely N-dealkylation sites (tertiary alicyclic amines) is 1. The van der Waals surface area contributed by atoms with Gasteiger partial charge in [-0.1, -0.05) is 19.8 Å². The van der Waals surface area contributed by atoms with E-state index in [2.05, 4.69) is 22.9 Å². The fraction of sp³-hybridized carbons (Fsp3) is 0.588. The van der Waals surface area contributed by atoms with Crippen molar-refractivity contribution in [2.24, 2.45) is 11.8 Å². The van der Waals surface area contributed by atoms with Crippen molar-refractivity contribution in [2.45, 2.75) is 45.1 Å². The minimum Gasteiger partial charge on any atom is -0.335 e. The Morgan fingerprint density at radius 1 is 1.29 bits per heavy atom. The molecule has 2 nitrogen and oxygen atoms in total. The molecule has 2 aliphatic rings. The number of benzene rings is 1. The third-order valence-electron chi connectivity index (χ3n) is 5.17. The van der Waals surface area contributed by atoms with Gasteiger partial charge in [0.25, 0.3) is 5.91 Å². The third kappa shape index (κ3) is 2.87. The van der Waals surface area contributed by atoms with Gasteiger partial charge in [0.15, 0.2) is 0 Å². The van der Waals surface area contributed by atoms with Crippen LogP contribution in [0.2, 0.25) is 0 Å². The Balaban J connectivity index is 1.84. The van der Waals surface area contributed by atoms with Crippen molar-refractivity contribution >= 4 is 21.8 Å². The first-order valence-corrected chi connectivity index (χ1v) is 8.63. The Bertz CT molecular complexity index is 548. The summed E-state index contributed by atoms with van der Waals surface area (Å²) in [5.74, 6) is 1.08. The van der Waals surface area contributed by atoms with Gasteiger partial charge in [0.2, 0.25) is 0 Å². The predicted molar refractivity (Wildman–Crippen MR) is 84.7 cm³/mol. The van der Waals surface area contributed by atoms with Crippen LogP contribution in [0.5, 0.6) is 0 Å². The summed E-state index contributed by atoms with van der Waals surface area (Å²) in [6.45, 7) is 3.15. The second kappa shape index (κ2) is 6.07. The van der Waals surface area contributed by atoms with Crippen LogP contribution in [0.15, 0.2) is 22.7 Å². The molecule has 3 unspecified atom stereocenters. The first-order chi connectivity index (χ1) is 10.1. The van der Waals surface area contributed by atoms with Crippen LogP contribution in [0.1, 0.15) is 49.4 Å². The highest BCUT2D eigenvalue weighted by Crippen LogP contribution is 2.39. The second-order valence-corrected chi connectivity index (χ2v) is 7.26. The van der Waals surface area contributed by atoms with E-state index < -0.39 is 0 Å². The van der Waals surface area contributed by atoms with Gasteiger partial charge in [-0.05, 0) is 65.2 Å². The molecule has 1 aromatic carbocycles. The van der Waals surface area contributed by atoms with Gasteiger partial charge in [0.05, 0.1) is 4.47 Å². The van der Waals surface area contributed by atoms with Crippen molar-refractivity contribution in [3.05, 3.63) is 34.1 Å². The highest BCUT2D eigenvalue weighted by atomic mass is 79.9. The van der Waals surface area contributed by atoms with Gasteiger partial charge in [-0.2, -0.15) is 0 Å². The molecule has 114 valence electrons. The van der Waals surface area contributed by atoms with E-state index in [1.165, 1.54) is 25.3 Å². The minimum absolute atomic E-state index is 0.0551. The summed E-state index contributed by atoms with van der Waals surface area (Å²) < 4.78 is 13.7. The number of amides is 1. The number of hydrogen-bond donors (Lipinski definition) is 0. The summed E-state index contributed by atoms with van der Waals surface area (Å²) in [5.41, 5.74) is 0.585. The molecule has 4 heteroatoms. The van der Waals surface area contributed by atoms with Gasteiger partial charge in [-0.25, -0.2) is 4.39 Å². The monoisotopic (exact) mass is 353 g/mol. The molecule has 1 amide bonds. The highest BCUT2D eigenvalue weighted by molar-refractivity contribution is 9.10. The first-order valence-electron chi connectivity index (χ1n) is 7.84. The van der Waals surface area contributed by atoms with Crippen LogP contribution in [0.3, 0.4) is 0 Å². The first kappa shape index (κ1) is 15.0. The lowest BCUT2D eigenvalue weighted by Gasteiger charge is -2.47. The molecule has 1 saturated heterocycles. The average molecular weight is 354 g/mol. The van der Waals surface area contributed by atoms with E-state index in [0.717, 1.165) is 19.4 Å².